The van der Waals surface area contributed by atoms with Crippen molar-refractivity contribution in [3.05, 3.63) is 28.8 Å². The summed E-state index contributed by atoms with van der Waals surface area (Å²) < 4.78 is 0. The van der Waals surface area contributed by atoms with Crippen LogP contribution in [-0.2, 0) is 6.54 Å². The van der Waals surface area contributed by atoms with E-state index in [-0.39, 0.29) is 0 Å². The fourth-order valence-corrected chi connectivity index (χ4v) is 1.29. The Morgan fingerprint density at radius 1 is 1.27 bits per heavy atom. The molecule has 0 heterocycles. The molecule has 0 amide bonds. The Morgan fingerprint density at radius 3 is 2.09 bits per heavy atom. The van der Waals surface area contributed by atoms with Crippen LogP contribution in [0, 0.1) is 13.8 Å². The first-order valence-electron chi connectivity index (χ1n) is 3.64. The Balaban J connectivity index is 3.25. The number of aromatic hydroxyl groups is 1. The van der Waals surface area contributed by atoms with Crippen molar-refractivity contribution in [2.24, 2.45) is 5.73 Å². The Bertz CT molecular complexity index is 245. The number of rotatable bonds is 1. The van der Waals surface area contributed by atoms with Crippen LogP contribution in [0.2, 0.25) is 0 Å². The second kappa shape index (κ2) is 2.93. The fraction of sp³-hybridized carbons (Fsp3) is 0.333. The van der Waals surface area contributed by atoms with Gasteiger partial charge in [0.1, 0.15) is 5.75 Å². The molecule has 2 heteroatoms. The number of benzene rings is 1. The van der Waals surface area contributed by atoms with E-state index in [9.17, 15) is 5.11 Å². The molecule has 0 atom stereocenters. The van der Waals surface area contributed by atoms with Gasteiger partial charge >= 0.3 is 0 Å². The highest BCUT2D eigenvalue weighted by Crippen LogP contribution is 2.19. The van der Waals surface area contributed by atoms with E-state index < -0.39 is 0 Å². The van der Waals surface area contributed by atoms with E-state index in [1.807, 2.05) is 13.8 Å². The minimum absolute atomic E-state index is 0.317. The molecule has 0 saturated carbocycles. The second-order valence-corrected chi connectivity index (χ2v) is 2.76. The highest BCUT2D eigenvalue weighted by Gasteiger charge is 2.01. The molecule has 0 fully saturated rings. The van der Waals surface area contributed by atoms with Crippen LogP contribution >= 0.6 is 0 Å². The molecule has 0 aliphatic heterocycles. The third-order valence-electron chi connectivity index (χ3n) is 1.88. The lowest BCUT2D eigenvalue weighted by Crippen LogP contribution is -2.01. The highest BCUT2D eigenvalue weighted by atomic mass is 16.3. The van der Waals surface area contributed by atoms with Gasteiger partial charge in [-0.1, -0.05) is 0 Å². The maximum Gasteiger partial charge on any atom is 0.116 e. The van der Waals surface area contributed by atoms with Crippen LogP contribution < -0.4 is 5.73 Å². The molecule has 0 bridgehead atoms. The SMILES string of the molecule is Cc1cc(O)cc(C)c1CN. The smallest absolute Gasteiger partial charge is 0.116 e. The van der Waals surface area contributed by atoms with Crippen molar-refractivity contribution in [3.8, 4) is 5.75 Å². The first-order valence-corrected chi connectivity index (χ1v) is 3.64. The van der Waals surface area contributed by atoms with Crippen molar-refractivity contribution in [1.82, 2.24) is 0 Å². The predicted octanol–water partition coefficient (Wildman–Crippen LogP) is 1.47. The van der Waals surface area contributed by atoms with Gasteiger partial charge in [0.25, 0.3) is 0 Å². The molecular formula is C9H13NO. The third kappa shape index (κ3) is 1.52. The Hall–Kier alpha value is -1.02. The largest absolute Gasteiger partial charge is 0.508 e. The average molecular weight is 151 g/mol. The molecule has 0 unspecified atom stereocenters. The summed E-state index contributed by atoms with van der Waals surface area (Å²) in [5, 5.41) is 9.17. The normalized spacial score (nSPS) is 10.1. The van der Waals surface area contributed by atoms with E-state index >= 15 is 0 Å². The highest BCUT2D eigenvalue weighted by molar-refractivity contribution is 5.40. The molecule has 2 nitrogen and oxygen atoms in total. The van der Waals surface area contributed by atoms with Crippen molar-refractivity contribution in [2.75, 3.05) is 0 Å². The maximum absolute atomic E-state index is 9.17. The van der Waals surface area contributed by atoms with E-state index in [4.69, 9.17) is 5.73 Å². The first kappa shape index (κ1) is 8.08. The van der Waals surface area contributed by atoms with E-state index in [0.29, 0.717) is 12.3 Å². The van der Waals surface area contributed by atoms with Gasteiger partial charge in [-0.3, -0.25) is 0 Å². The third-order valence-corrected chi connectivity index (χ3v) is 1.88. The summed E-state index contributed by atoms with van der Waals surface area (Å²) in [7, 11) is 0. The molecule has 1 aromatic carbocycles. The molecule has 0 saturated heterocycles. The van der Waals surface area contributed by atoms with E-state index in [1.165, 1.54) is 0 Å². The molecule has 0 aliphatic carbocycles. The average Bonchev–Trinajstić information content (AvgIpc) is 1.85. The zero-order valence-electron chi connectivity index (χ0n) is 6.89. The topological polar surface area (TPSA) is 46.2 Å². The van der Waals surface area contributed by atoms with Crippen LogP contribution in [0.25, 0.3) is 0 Å². The quantitative estimate of drug-likeness (QED) is 0.638. The van der Waals surface area contributed by atoms with E-state index in [1.54, 1.807) is 12.1 Å². The first-order chi connectivity index (χ1) is 5.15. The molecular weight excluding hydrogens is 138 g/mol. The van der Waals surface area contributed by atoms with Gasteiger partial charge in [-0.2, -0.15) is 0 Å². The summed E-state index contributed by atoms with van der Waals surface area (Å²) in [5.41, 5.74) is 8.77. The van der Waals surface area contributed by atoms with Crippen molar-refractivity contribution in [1.29, 1.82) is 0 Å². The van der Waals surface area contributed by atoms with Crippen LogP contribution in [0.4, 0.5) is 0 Å². The summed E-state index contributed by atoms with van der Waals surface area (Å²) in [5.74, 6) is 0.317. The monoisotopic (exact) mass is 151 g/mol. The van der Waals surface area contributed by atoms with Gasteiger partial charge < -0.3 is 10.8 Å². The molecule has 1 aromatic rings. The number of hydrogen-bond donors (Lipinski definition) is 2. The van der Waals surface area contributed by atoms with Crippen molar-refractivity contribution in [3.63, 3.8) is 0 Å². The summed E-state index contributed by atoms with van der Waals surface area (Å²) in [4.78, 5) is 0. The van der Waals surface area contributed by atoms with Crippen molar-refractivity contribution >= 4 is 0 Å². The Morgan fingerprint density at radius 2 is 1.73 bits per heavy atom. The second-order valence-electron chi connectivity index (χ2n) is 2.76. The molecule has 11 heavy (non-hydrogen) atoms. The van der Waals surface area contributed by atoms with Crippen LogP contribution in [-0.4, -0.2) is 5.11 Å². The lowest BCUT2D eigenvalue weighted by atomic mass is 10.0. The summed E-state index contributed by atoms with van der Waals surface area (Å²) in [6.45, 7) is 4.45. The fourth-order valence-electron chi connectivity index (χ4n) is 1.29. The lowest BCUT2D eigenvalue weighted by molar-refractivity contribution is 0.474. The molecule has 0 spiro atoms. The molecule has 0 radical (unpaired) electrons. The van der Waals surface area contributed by atoms with E-state index in [2.05, 4.69) is 0 Å². The molecule has 0 aromatic heterocycles. The number of phenols is 1. The van der Waals surface area contributed by atoms with Gasteiger partial charge in [-0.25, -0.2) is 0 Å². The van der Waals surface area contributed by atoms with Gasteiger partial charge in [-0.05, 0) is 42.7 Å². The zero-order chi connectivity index (χ0) is 8.43. The maximum atomic E-state index is 9.17. The summed E-state index contributed by atoms with van der Waals surface area (Å²) >= 11 is 0. The minimum atomic E-state index is 0.317. The molecule has 1 rings (SSSR count). The van der Waals surface area contributed by atoms with E-state index in [0.717, 1.165) is 16.7 Å². The summed E-state index contributed by atoms with van der Waals surface area (Å²) in [6, 6.07) is 3.46. The molecule has 3 N–H and O–H groups in total. The number of phenolic OH excluding ortho intramolecular Hbond substituents is 1. The minimum Gasteiger partial charge on any atom is -0.508 e. The van der Waals surface area contributed by atoms with Crippen LogP contribution in [0.5, 0.6) is 5.75 Å². The molecule has 60 valence electrons. The van der Waals surface area contributed by atoms with Crippen LogP contribution in [0.15, 0.2) is 12.1 Å². The Kier molecular flexibility index (Phi) is 2.15. The van der Waals surface area contributed by atoms with Crippen LogP contribution in [0.3, 0.4) is 0 Å². The predicted molar refractivity (Wildman–Crippen MR) is 45.5 cm³/mol. The number of nitrogens with two attached hydrogens (primary N) is 1. The van der Waals surface area contributed by atoms with Crippen molar-refractivity contribution in [2.45, 2.75) is 20.4 Å². The molecule has 0 aliphatic rings. The van der Waals surface area contributed by atoms with Gasteiger partial charge in [0, 0.05) is 6.54 Å². The van der Waals surface area contributed by atoms with Gasteiger partial charge in [0.05, 0.1) is 0 Å². The van der Waals surface area contributed by atoms with Gasteiger partial charge in [0.2, 0.25) is 0 Å². The van der Waals surface area contributed by atoms with Crippen molar-refractivity contribution < 1.29 is 5.11 Å². The zero-order valence-corrected chi connectivity index (χ0v) is 6.89. The number of hydrogen-bond acceptors (Lipinski definition) is 2. The number of aryl methyl sites for hydroxylation is 2. The summed E-state index contributed by atoms with van der Waals surface area (Å²) in [6.07, 6.45) is 0. The van der Waals surface area contributed by atoms with Crippen LogP contribution in [0.1, 0.15) is 16.7 Å². The van der Waals surface area contributed by atoms with Gasteiger partial charge in [-0.15, -0.1) is 0 Å². The Labute approximate surface area is 66.7 Å². The standard InChI is InChI=1S/C9H13NO/c1-6-3-8(11)4-7(2)9(6)5-10/h3-4,11H,5,10H2,1-2H3. The van der Waals surface area contributed by atoms with Gasteiger partial charge in [0.15, 0.2) is 0 Å². The lowest BCUT2D eigenvalue weighted by Gasteiger charge is -2.07.